The van der Waals surface area contributed by atoms with E-state index in [1.165, 1.54) is 0 Å². The third-order valence-corrected chi connectivity index (χ3v) is 4.71. The summed E-state index contributed by atoms with van der Waals surface area (Å²) in [6.07, 6.45) is 2.15. The number of hydrogen-bond donors (Lipinski definition) is 2. The van der Waals surface area contributed by atoms with Gasteiger partial charge in [0.2, 0.25) is 0 Å². The Balaban J connectivity index is 0.00000220. The van der Waals surface area contributed by atoms with E-state index in [9.17, 15) is 4.79 Å². The number of benzene rings is 1. The Morgan fingerprint density at radius 1 is 1.52 bits per heavy atom. The van der Waals surface area contributed by atoms with Crippen LogP contribution in [0.5, 0.6) is 0 Å². The number of methoxy groups -OCH3 is 1. The molecule has 1 unspecified atom stereocenters. The quantitative estimate of drug-likeness (QED) is 0.829. The fourth-order valence-electron chi connectivity index (χ4n) is 2.67. The molecule has 2 N–H and O–H groups in total. The van der Waals surface area contributed by atoms with Crippen molar-refractivity contribution in [2.75, 3.05) is 26.8 Å². The zero-order chi connectivity index (χ0) is 14.6. The first-order valence-electron chi connectivity index (χ1n) is 6.85. The van der Waals surface area contributed by atoms with E-state index in [4.69, 9.17) is 4.74 Å². The van der Waals surface area contributed by atoms with E-state index in [1.807, 2.05) is 25.1 Å². The maximum atomic E-state index is 12.3. The number of nitrogens with one attached hydrogen (secondary N) is 2. The number of amides is 1. The lowest BCUT2D eigenvalue weighted by atomic mass is 9.98. The maximum absolute atomic E-state index is 12.3. The molecule has 0 aliphatic carbocycles. The van der Waals surface area contributed by atoms with Crippen molar-refractivity contribution in [1.82, 2.24) is 10.6 Å². The monoisotopic (exact) mass is 376 g/mol. The highest BCUT2D eigenvalue weighted by molar-refractivity contribution is 9.10. The Bertz CT molecular complexity index is 491. The first-order chi connectivity index (χ1) is 9.58. The summed E-state index contributed by atoms with van der Waals surface area (Å²) in [4.78, 5) is 12.3. The molecule has 1 aliphatic rings. The second-order valence-electron chi connectivity index (χ2n) is 5.34. The van der Waals surface area contributed by atoms with Crippen molar-refractivity contribution < 1.29 is 9.53 Å². The molecule has 1 aromatic carbocycles. The fraction of sp³-hybridized carbons (Fsp3) is 0.533. The van der Waals surface area contributed by atoms with Crippen LogP contribution in [-0.2, 0) is 4.74 Å². The van der Waals surface area contributed by atoms with E-state index >= 15 is 0 Å². The van der Waals surface area contributed by atoms with Crippen LogP contribution in [0.2, 0.25) is 0 Å². The van der Waals surface area contributed by atoms with Crippen LogP contribution < -0.4 is 10.6 Å². The van der Waals surface area contributed by atoms with Gasteiger partial charge in [-0.3, -0.25) is 4.79 Å². The van der Waals surface area contributed by atoms with Crippen LogP contribution in [0, 0.1) is 6.92 Å². The second kappa shape index (κ2) is 8.13. The molecule has 1 aliphatic heterocycles. The maximum Gasteiger partial charge on any atom is 0.251 e. The van der Waals surface area contributed by atoms with Gasteiger partial charge in [-0.2, -0.15) is 0 Å². The molecule has 1 aromatic rings. The lowest BCUT2D eigenvalue weighted by Gasteiger charge is -2.29. The van der Waals surface area contributed by atoms with Crippen molar-refractivity contribution in [3.8, 4) is 0 Å². The van der Waals surface area contributed by atoms with E-state index in [-0.39, 0.29) is 23.9 Å². The standard InChI is InChI=1S/C15H21BrN2O2.ClH/c1-11-12(5-3-6-13(11)16)14(19)17-9-15(10-20-2)7-4-8-18-15;/h3,5-6,18H,4,7-10H2,1-2H3,(H,17,19);1H. The number of ether oxygens (including phenoxy) is 1. The van der Waals surface area contributed by atoms with E-state index in [0.717, 1.165) is 29.4 Å². The summed E-state index contributed by atoms with van der Waals surface area (Å²) < 4.78 is 6.24. The van der Waals surface area contributed by atoms with E-state index in [0.29, 0.717) is 18.7 Å². The molecule has 6 heteroatoms. The van der Waals surface area contributed by atoms with Gasteiger partial charge in [0.25, 0.3) is 5.91 Å². The van der Waals surface area contributed by atoms with Gasteiger partial charge < -0.3 is 15.4 Å². The number of halogens is 2. The molecule has 1 amide bonds. The molecule has 0 bridgehead atoms. The van der Waals surface area contributed by atoms with Gasteiger partial charge in [-0.1, -0.05) is 22.0 Å². The van der Waals surface area contributed by atoms with Gasteiger partial charge in [0.1, 0.15) is 0 Å². The smallest absolute Gasteiger partial charge is 0.251 e. The molecule has 118 valence electrons. The van der Waals surface area contributed by atoms with Gasteiger partial charge >= 0.3 is 0 Å². The second-order valence-corrected chi connectivity index (χ2v) is 6.19. The van der Waals surface area contributed by atoms with Crippen LogP contribution >= 0.6 is 28.3 Å². The Kier molecular flexibility index (Phi) is 7.13. The van der Waals surface area contributed by atoms with Gasteiger partial charge in [0.15, 0.2) is 0 Å². The van der Waals surface area contributed by atoms with Gasteiger partial charge in [0, 0.05) is 23.7 Å². The van der Waals surface area contributed by atoms with Crippen molar-refractivity contribution in [3.63, 3.8) is 0 Å². The van der Waals surface area contributed by atoms with Crippen LogP contribution in [-0.4, -0.2) is 38.3 Å². The molecule has 4 nitrogen and oxygen atoms in total. The molecule has 1 saturated heterocycles. The summed E-state index contributed by atoms with van der Waals surface area (Å²) in [7, 11) is 1.70. The van der Waals surface area contributed by atoms with Gasteiger partial charge in [0.05, 0.1) is 12.1 Å². The highest BCUT2D eigenvalue weighted by atomic mass is 79.9. The predicted octanol–water partition coefficient (Wildman–Crippen LogP) is 2.68. The lowest BCUT2D eigenvalue weighted by molar-refractivity contribution is 0.0891. The fourth-order valence-corrected chi connectivity index (χ4v) is 3.03. The zero-order valence-electron chi connectivity index (χ0n) is 12.4. The van der Waals surface area contributed by atoms with E-state index in [2.05, 4.69) is 26.6 Å². The van der Waals surface area contributed by atoms with E-state index in [1.54, 1.807) is 7.11 Å². The van der Waals surface area contributed by atoms with Crippen LogP contribution in [0.15, 0.2) is 22.7 Å². The zero-order valence-corrected chi connectivity index (χ0v) is 14.8. The van der Waals surface area contributed by atoms with Crippen molar-refractivity contribution in [3.05, 3.63) is 33.8 Å². The summed E-state index contributed by atoms with van der Waals surface area (Å²) >= 11 is 3.45. The molecular weight excluding hydrogens is 356 g/mol. The number of rotatable bonds is 5. The molecule has 21 heavy (non-hydrogen) atoms. The minimum Gasteiger partial charge on any atom is -0.383 e. The third kappa shape index (κ3) is 4.42. The predicted molar refractivity (Wildman–Crippen MR) is 90.3 cm³/mol. The summed E-state index contributed by atoms with van der Waals surface area (Å²) in [5.74, 6) is -0.0343. The molecule has 0 radical (unpaired) electrons. The van der Waals surface area contributed by atoms with Gasteiger partial charge in [-0.15, -0.1) is 12.4 Å². The van der Waals surface area contributed by atoms with Gasteiger partial charge in [-0.25, -0.2) is 0 Å². The van der Waals surface area contributed by atoms with Crippen LogP contribution in [0.1, 0.15) is 28.8 Å². The summed E-state index contributed by atoms with van der Waals surface area (Å²) in [6.45, 7) is 4.13. The highest BCUT2D eigenvalue weighted by Gasteiger charge is 2.33. The topological polar surface area (TPSA) is 50.4 Å². The first-order valence-corrected chi connectivity index (χ1v) is 7.64. The summed E-state index contributed by atoms with van der Waals surface area (Å²) in [6, 6.07) is 5.67. The van der Waals surface area contributed by atoms with Crippen molar-refractivity contribution in [2.24, 2.45) is 0 Å². The molecular formula is C15H22BrClN2O2. The first kappa shape index (κ1) is 18.4. The van der Waals surface area contributed by atoms with Crippen LogP contribution in [0.25, 0.3) is 0 Å². The number of hydrogen-bond acceptors (Lipinski definition) is 3. The molecule has 2 rings (SSSR count). The Morgan fingerprint density at radius 2 is 2.29 bits per heavy atom. The Morgan fingerprint density at radius 3 is 2.90 bits per heavy atom. The molecule has 0 saturated carbocycles. The number of carbonyl (C=O) groups is 1. The van der Waals surface area contributed by atoms with Crippen molar-refractivity contribution in [2.45, 2.75) is 25.3 Å². The summed E-state index contributed by atoms with van der Waals surface area (Å²) in [5.41, 5.74) is 1.56. The van der Waals surface area contributed by atoms with Gasteiger partial charge in [-0.05, 0) is 44.0 Å². The van der Waals surface area contributed by atoms with Crippen molar-refractivity contribution in [1.29, 1.82) is 0 Å². The molecule has 1 atom stereocenters. The lowest BCUT2D eigenvalue weighted by Crippen LogP contribution is -2.53. The molecule has 1 fully saturated rings. The highest BCUT2D eigenvalue weighted by Crippen LogP contribution is 2.21. The molecule has 0 aromatic heterocycles. The summed E-state index contributed by atoms with van der Waals surface area (Å²) in [5, 5.41) is 6.49. The minimum absolute atomic E-state index is 0. The number of carbonyl (C=O) groups excluding carboxylic acids is 1. The minimum atomic E-state index is -0.121. The normalized spacial score (nSPS) is 20.9. The molecule has 0 spiro atoms. The van der Waals surface area contributed by atoms with E-state index < -0.39 is 0 Å². The third-order valence-electron chi connectivity index (χ3n) is 3.85. The Hall–Kier alpha value is -0.620. The van der Waals surface area contributed by atoms with Crippen molar-refractivity contribution >= 4 is 34.2 Å². The largest absolute Gasteiger partial charge is 0.383 e. The average Bonchev–Trinajstić information content (AvgIpc) is 2.89. The Labute approximate surface area is 140 Å². The molecule has 1 heterocycles. The van der Waals surface area contributed by atoms with Crippen LogP contribution in [0.3, 0.4) is 0 Å². The SMILES string of the molecule is COCC1(CNC(=O)c2cccc(Br)c2C)CCCN1.Cl. The van der Waals surface area contributed by atoms with Crippen LogP contribution in [0.4, 0.5) is 0 Å². The average molecular weight is 378 g/mol.